The van der Waals surface area contributed by atoms with Crippen LogP contribution in [-0.4, -0.2) is 55.6 Å². The van der Waals surface area contributed by atoms with Crippen LogP contribution < -0.4 is 5.32 Å². The Kier molecular flexibility index (Phi) is 5.97. The maximum Gasteiger partial charge on any atom is 0.256 e. The molecule has 2 aliphatic heterocycles. The number of anilines is 1. The number of amides is 2. The van der Waals surface area contributed by atoms with Crippen molar-refractivity contribution in [2.45, 2.75) is 56.8 Å². The van der Waals surface area contributed by atoms with Crippen LogP contribution in [0.25, 0.3) is 5.57 Å². The van der Waals surface area contributed by atoms with Gasteiger partial charge in [0.1, 0.15) is 0 Å². The van der Waals surface area contributed by atoms with E-state index in [1.54, 1.807) is 23.1 Å². The maximum absolute atomic E-state index is 13.2. The first-order valence-corrected chi connectivity index (χ1v) is 12.3. The molecular weight excluding hydrogens is 402 g/mol. The normalized spacial score (nSPS) is 19.9. The number of nitrogens with zero attached hydrogens (tertiary/aromatic N) is 2. The minimum Gasteiger partial charge on any atom is -0.340 e. The average Bonchev–Trinajstić information content (AvgIpc) is 3.38. The summed E-state index contributed by atoms with van der Waals surface area (Å²) in [6.45, 7) is 3.47. The minimum absolute atomic E-state index is 0.101. The number of benzene rings is 1. The average molecular weight is 432 g/mol. The summed E-state index contributed by atoms with van der Waals surface area (Å²) in [5.41, 5.74) is 3.16. The molecule has 0 aromatic heterocycles. The molecule has 1 saturated heterocycles. The lowest BCUT2D eigenvalue weighted by molar-refractivity contribution is -0.132. The van der Waals surface area contributed by atoms with Gasteiger partial charge in [0.2, 0.25) is 15.9 Å². The number of carbonyl (C=O) groups is 2. The Morgan fingerprint density at radius 3 is 2.47 bits per heavy atom. The van der Waals surface area contributed by atoms with Crippen molar-refractivity contribution >= 4 is 33.1 Å². The summed E-state index contributed by atoms with van der Waals surface area (Å²) in [5, 5.41) is 2.87. The van der Waals surface area contributed by atoms with E-state index in [4.69, 9.17) is 0 Å². The second kappa shape index (κ2) is 8.51. The van der Waals surface area contributed by atoms with E-state index in [1.807, 2.05) is 6.92 Å². The molecule has 7 nitrogen and oxygen atoms in total. The van der Waals surface area contributed by atoms with E-state index in [2.05, 4.69) is 5.32 Å². The summed E-state index contributed by atoms with van der Waals surface area (Å²) in [7, 11) is -3.68. The molecule has 1 aromatic rings. The van der Waals surface area contributed by atoms with Gasteiger partial charge < -0.3 is 10.2 Å². The molecule has 2 amide bonds. The van der Waals surface area contributed by atoms with E-state index in [1.165, 1.54) is 4.31 Å². The van der Waals surface area contributed by atoms with E-state index in [0.29, 0.717) is 49.4 Å². The molecule has 162 valence electrons. The summed E-state index contributed by atoms with van der Waals surface area (Å²) < 4.78 is 27.9. The zero-order valence-corrected chi connectivity index (χ0v) is 18.3. The van der Waals surface area contributed by atoms with Crippen LogP contribution in [0.15, 0.2) is 28.7 Å². The van der Waals surface area contributed by atoms with Gasteiger partial charge >= 0.3 is 0 Å². The Morgan fingerprint density at radius 2 is 1.80 bits per heavy atom. The van der Waals surface area contributed by atoms with Crippen molar-refractivity contribution < 1.29 is 18.0 Å². The lowest BCUT2D eigenvalue weighted by Crippen LogP contribution is -2.50. The summed E-state index contributed by atoms with van der Waals surface area (Å²) in [5.74, 6) is -0.0282. The second-order valence-corrected chi connectivity index (χ2v) is 10.2. The van der Waals surface area contributed by atoms with Gasteiger partial charge in [-0.05, 0) is 50.3 Å². The van der Waals surface area contributed by atoms with Crippen molar-refractivity contribution in [2.24, 2.45) is 0 Å². The third-order valence-electron chi connectivity index (χ3n) is 6.27. The first-order valence-electron chi connectivity index (χ1n) is 10.9. The Labute approximate surface area is 178 Å². The number of fused-ring (bicyclic) bond motifs is 1. The van der Waals surface area contributed by atoms with E-state index < -0.39 is 10.0 Å². The van der Waals surface area contributed by atoms with Crippen LogP contribution in [-0.2, 0) is 19.6 Å². The standard InChI is InChI=1S/C22H29N3O4S/c1-2-3-8-20(26)24-11-13-25(14-12-24)30(28,29)17-9-10-19-18(15-17)21(22(27)23-19)16-6-4-5-7-16/h9-10,15H,2-8,11-14H2,1H3,(H,23,27). The SMILES string of the molecule is CCCCC(=O)N1CCN(S(=O)(=O)c2ccc3c(c2)C(=C2CCCC2)C(=O)N3)CC1. The molecule has 1 aliphatic carbocycles. The first-order chi connectivity index (χ1) is 14.4. The molecule has 1 aromatic carbocycles. The highest BCUT2D eigenvalue weighted by Gasteiger charge is 2.33. The molecule has 2 heterocycles. The number of unbranched alkanes of at least 4 members (excludes halogenated alkanes) is 1. The van der Waals surface area contributed by atoms with E-state index in [-0.39, 0.29) is 16.7 Å². The molecule has 0 spiro atoms. The van der Waals surface area contributed by atoms with Gasteiger partial charge in [0.25, 0.3) is 5.91 Å². The van der Waals surface area contributed by atoms with Crippen LogP contribution in [0.4, 0.5) is 5.69 Å². The van der Waals surface area contributed by atoms with Gasteiger partial charge in [0.05, 0.1) is 4.90 Å². The van der Waals surface area contributed by atoms with Gasteiger partial charge in [0, 0.05) is 49.4 Å². The highest BCUT2D eigenvalue weighted by molar-refractivity contribution is 7.89. The Hall–Kier alpha value is -2.19. The minimum atomic E-state index is -3.68. The highest BCUT2D eigenvalue weighted by Crippen LogP contribution is 2.40. The zero-order chi connectivity index (χ0) is 21.3. The van der Waals surface area contributed by atoms with Gasteiger partial charge in [-0.25, -0.2) is 8.42 Å². The first kappa shape index (κ1) is 21.1. The molecule has 0 unspecified atom stereocenters. The molecule has 0 radical (unpaired) electrons. The van der Waals surface area contributed by atoms with Crippen LogP contribution in [0.1, 0.15) is 57.4 Å². The smallest absolute Gasteiger partial charge is 0.256 e. The van der Waals surface area contributed by atoms with Crippen LogP contribution in [0.5, 0.6) is 0 Å². The van der Waals surface area contributed by atoms with Crippen molar-refractivity contribution in [1.82, 2.24) is 9.21 Å². The molecule has 3 aliphatic rings. The van der Waals surface area contributed by atoms with E-state index in [0.717, 1.165) is 44.1 Å². The second-order valence-electron chi connectivity index (χ2n) is 8.24. The fourth-order valence-electron chi connectivity index (χ4n) is 4.52. The molecule has 2 fully saturated rings. The van der Waals surface area contributed by atoms with Crippen molar-refractivity contribution in [1.29, 1.82) is 0 Å². The number of hydrogen-bond acceptors (Lipinski definition) is 4. The van der Waals surface area contributed by atoms with Crippen LogP contribution in [0.3, 0.4) is 0 Å². The molecule has 1 saturated carbocycles. The lowest BCUT2D eigenvalue weighted by Gasteiger charge is -2.34. The predicted molar refractivity (Wildman–Crippen MR) is 115 cm³/mol. The van der Waals surface area contributed by atoms with Crippen molar-refractivity contribution in [3.05, 3.63) is 29.3 Å². The summed E-state index contributed by atoms with van der Waals surface area (Å²) in [6, 6.07) is 4.89. The van der Waals surface area contributed by atoms with Crippen molar-refractivity contribution in [2.75, 3.05) is 31.5 Å². The number of carbonyl (C=O) groups excluding carboxylic acids is 2. The largest absolute Gasteiger partial charge is 0.340 e. The number of piperazine rings is 1. The number of sulfonamides is 1. The van der Waals surface area contributed by atoms with E-state index >= 15 is 0 Å². The van der Waals surface area contributed by atoms with E-state index in [9.17, 15) is 18.0 Å². The topological polar surface area (TPSA) is 86.8 Å². The Bertz CT molecular complexity index is 984. The molecular formula is C22H29N3O4S. The quantitative estimate of drug-likeness (QED) is 0.726. The third kappa shape index (κ3) is 3.90. The van der Waals surface area contributed by atoms with Gasteiger partial charge in [-0.15, -0.1) is 0 Å². The van der Waals surface area contributed by atoms with Gasteiger partial charge in [-0.3, -0.25) is 9.59 Å². The number of rotatable bonds is 5. The monoisotopic (exact) mass is 431 g/mol. The van der Waals surface area contributed by atoms with Crippen LogP contribution >= 0.6 is 0 Å². The molecule has 30 heavy (non-hydrogen) atoms. The summed E-state index contributed by atoms with van der Waals surface area (Å²) >= 11 is 0. The van der Waals surface area contributed by atoms with Crippen molar-refractivity contribution in [3.63, 3.8) is 0 Å². The summed E-state index contributed by atoms with van der Waals surface area (Å²) in [4.78, 5) is 26.7. The molecule has 8 heteroatoms. The molecule has 1 N–H and O–H groups in total. The van der Waals surface area contributed by atoms with Gasteiger partial charge in [-0.1, -0.05) is 18.9 Å². The predicted octanol–water partition coefficient (Wildman–Crippen LogP) is 2.99. The van der Waals surface area contributed by atoms with Crippen LogP contribution in [0, 0.1) is 0 Å². The van der Waals surface area contributed by atoms with Crippen molar-refractivity contribution in [3.8, 4) is 0 Å². The Morgan fingerprint density at radius 1 is 1.10 bits per heavy atom. The Balaban J connectivity index is 1.53. The number of allylic oxidation sites excluding steroid dienone is 1. The number of nitrogens with one attached hydrogen (secondary N) is 1. The highest BCUT2D eigenvalue weighted by atomic mass is 32.2. The van der Waals surface area contributed by atoms with Gasteiger partial charge in [-0.2, -0.15) is 4.31 Å². The lowest BCUT2D eigenvalue weighted by atomic mass is 10.00. The van der Waals surface area contributed by atoms with Crippen LogP contribution in [0.2, 0.25) is 0 Å². The summed E-state index contributed by atoms with van der Waals surface area (Å²) in [6.07, 6.45) is 6.28. The molecule has 4 rings (SSSR count). The molecule has 0 bridgehead atoms. The fraction of sp³-hybridized carbons (Fsp3) is 0.545. The fourth-order valence-corrected chi connectivity index (χ4v) is 5.97. The third-order valence-corrected chi connectivity index (χ3v) is 8.16. The molecule has 0 atom stereocenters. The maximum atomic E-state index is 13.2. The number of hydrogen-bond donors (Lipinski definition) is 1. The van der Waals surface area contributed by atoms with Gasteiger partial charge in [0.15, 0.2) is 0 Å². The zero-order valence-electron chi connectivity index (χ0n) is 17.4.